The molecule has 96 valence electrons. The van der Waals surface area contributed by atoms with Gasteiger partial charge in [-0.05, 0) is 31.5 Å². The molecular formula is C15H16N4. The lowest BCUT2D eigenvalue weighted by molar-refractivity contribution is 0.852. The quantitative estimate of drug-likeness (QED) is 0.778. The van der Waals surface area contributed by atoms with Crippen molar-refractivity contribution in [2.24, 2.45) is 0 Å². The smallest absolute Gasteiger partial charge is 0.243 e. The molecule has 0 fully saturated rings. The van der Waals surface area contributed by atoms with Crippen LogP contribution in [0.15, 0.2) is 48.7 Å². The SMILES string of the molecule is Cc1ccc(C(C)Nc2nc3ccccn3n2)cc1. The summed E-state index contributed by atoms with van der Waals surface area (Å²) in [4.78, 5) is 4.44. The van der Waals surface area contributed by atoms with Gasteiger partial charge in [-0.15, -0.1) is 5.10 Å². The van der Waals surface area contributed by atoms with Crippen LogP contribution in [0, 0.1) is 6.92 Å². The van der Waals surface area contributed by atoms with E-state index in [0.29, 0.717) is 5.95 Å². The van der Waals surface area contributed by atoms with Crippen molar-refractivity contribution in [1.29, 1.82) is 0 Å². The van der Waals surface area contributed by atoms with E-state index < -0.39 is 0 Å². The summed E-state index contributed by atoms with van der Waals surface area (Å²) >= 11 is 0. The van der Waals surface area contributed by atoms with Crippen LogP contribution in [0.3, 0.4) is 0 Å². The van der Waals surface area contributed by atoms with Crippen molar-refractivity contribution in [2.45, 2.75) is 19.9 Å². The van der Waals surface area contributed by atoms with Crippen LogP contribution >= 0.6 is 0 Å². The standard InChI is InChI=1S/C15H16N4/c1-11-6-8-13(9-7-11)12(2)16-15-17-14-5-3-4-10-19(14)18-15/h3-10,12H,1-2H3,(H,16,18). The van der Waals surface area contributed by atoms with Crippen molar-refractivity contribution < 1.29 is 0 Å². The van der Waals surface area contributed by atoms with Crippen LogP contribution < -0.4 is 5.32 Å². The molecule has 1 unspecified atom stereocenters. The number of pyridine rings is 1. The van der Waals surface area contributed by atoms with E-state index in [1.807, 2.05) is 24.4 Å². The van der Waals surface area contributed by atoms with E-state index in [9.17, 15) is 0 Å². The molecule has 0 saturated carbocycles. The van der Waals surface area contributed by atoms with Gasteiger partial charge in [-0.3, -0.25) is 0 Å². The highest BCUT2D eigenvalue weighted by Crippen LogP contribution is 2.17. The molecule has 2 aromatic heterocycles. The van der Waals surface area contributed by atoms with Gasteiger partial charge in [0.1, 0.15) is 0 Å². The predicted octanol–water partition coefficient (Wildman–Crippen LogP) is 3.21. The number of fused-ring (bicyclic) bond motifs is 1. The second kappa shape index (κ2) is 4.72. The number of nitrogens with zero attached hydrogens (tertiary/aromatic N) is 3. The number of rotatable bonds is 3. The van der Waals surface area contributed by atoms with Gasteiger partial charge in [-0.1, -0.05) is 35.9 Å². The van der Waals surface area contributed by atoms with Crippen LogP contribution in [0.1, 0.15) is 24.1 Å². The van der Waals surface area contributed by atoms with Gasteiger partial charge in [0.05, 0.1) is 6.04 Å². The van der Waals surface area contributed by atoms with E-state index in [1.165, 1.54) is 11.1 Å². The Kier molecular flexibility index (Phi) is 2.91. The van der Waals surface area contributed by atoms with Crippen molar-refractivity contribution >= 4 is 11.6 Å². The zero-order valence-corrected chi connectivity index (χ0v) is 11.0. The number of aryl methyl sites for hydroxylation is 1. The first-order valence-electron chi connectivity index (χ1n) is 6.37. The van der Waals surface area contributed by atoms with Crippen LogP contribution in [0.4, 0.5) is 5.95 Å². The van der Waals surface area contributed by atoms with Gasteiger partial charge in [0, 0.05) is 6.20 Å². The number of nitrogens with one attached hydrogen (secondary N) is 1. The highest BCUT2D eigenvalue weighted by atomic mass is 15.3. The zero-order chi connectivity index (χ0) is 13.2. The maximum absolute atomic E-state index is 4.44. The summed E-state index contributed by atoms with van der Waals surface area (Å²) in [6.07, 6.45) is 1.89. The summed E-state index contributed by atoms with van der Waals surface area (Å²) in [6, 6.07) is 14.5. The van der Waals surface area contributed by atoms with Gasteiger partial charge in [-0.25, -0.2) is 4.52 Å². The number of hydrogen-bond acceptors (Lipinski definition) is 3. The third-order valence-corrected chi connectivity index (χ3v) is 3.16. The fourth-order valence-corrected chi connectivity index (χ4v) is 2.02. The zero-order valence-electron chi connectivity index (χ0n) is 11.0. The van der Waals surface area contributed by atoms with Crippen molar-refractivity contribution in [3.63, 3.8) is 0 Å². The molecule has 1 N–H and O–H groups in total. The minimum absolute atomic E-state index is 0.179. The average molecular weight is 252 g/mol. The van der Waals surface area contributed by atoms with Crippen LogP contribution in [0.5, 0.6) is 0 Å². The Bertz CT molecular complexity index is 652. The molecule has 19 heavy (non-hydrogen) atoms. The van der Waals surface area contributed by atoms with E-state index in [-0.39, 0.29) is 6.04 Å². The lowest BCUT2D eigenvalue weighted by Crippen LogP contribution is -2.07. The summed E-state index contributed by atoms with van der Waals surface area (Å²) in [6.45, 7) is 4.20. The Morgan fingerprint density at radius 3 is 2.63 bits per heavy atom. The van der Waals surface area contributed by atoms with Gasteiger partial charge in [0.15, 0.2) is 5.65 Å². The monoisotopic (exact) mass is 252 g/mol. The van der Waals surface area contributed by atoms with Crippen LogP contribution in [-0.4, -0.2) is 14.6 Å². The minimum atomic E-state index is 0.179. The van der Waals surface area contributed by atoms with E-state index in [1.54, 1.807) is 4.52 Å². The number of hydrogen-bond donors (Lipinski definition) is 1. The molecule has 0 spiro atoms. The molecule has 3 rings (SSSR count). The lowest BCUT2D eigenvalue weighted by atomic mass is 10.1. The summed E-state index contributed by atoms with van der Waals surface area (Å²) in [5.41, 5.74) is 3.34. The Labute approximate surface area is 112 Å². The molecule has 0 saturated heterocycles. The lowest BCUT2D eigenvalue weighted by Gasteiger charge is -2.12. The predicted molar refractivity (Wildman–Crippen MR) is 76.2 cm³/mol. The Morgan fingerprint density at radius 1 is 1.11 bits per heavy atom. The van der Waals surface area contributed by atoms with Crippen LogP contribution in [0.25, 0.3) is 5.65 Å². The van der Waals surface area contributed by atoms with E-state index in [4.69, 9.17) is 0 Å². The van der Waals surface area contributed by atoms with Gasteiger partial charge < -0.3 is 5.32 Å². The molecular weight excluding hydrogens is 236 g/mol. The van der Waals surface area contributed by atoms with Crippen molar-refractivity contribution in [2.75, 3.05) is 5.32 Å². The van der Waals surface area contributed by atoms with Gasteiger partial charge in [-0.2, -0.15) is 4.98 Å². The first-order valence-corrected chi connectivity index (χ1v) is 6.37. The molecule has 0 aliphatic rings. The van der Waals surface area contributed by atoms with Crippen LogP contribution in [-0.2, 0) is 0 Å². The molecule has 0 aliphatic heterocycles. The molecule has 2 heterocycles. The first-order chi connectivity index (χ1) is 9.22. The Balaban J connectivity index is 1.82. The largest absolute Gasteiger partial charge is 0.346 e. The summed E-state index contributed by atoms with van der Waals surface area (Å²) in [5.74, 6) is 0.652. The molecule has 4 heteroatoms. The number of anilines is 1. The van der Waals surface area contributed by atoms with Crippen molar-refractivity contribution in [1.82, 2.24) is 14.6 Å². The molecule has 1 atom stereocenters. The third-order valence-electron chi connectivity index (χ3n) is 3.16. The molecule has 4 nitrogen and oxygen atoms in total. The highest BCUT2D eigenvalue weighted by Gasteiger charge is 2.08. The highest BCUT2D eigenvalue weighted by molar-refractivity contribution is 5.44. The van der Waals surface area contributed by atoms with Gasteiger partial charge >= 0.3 is 0 Å². The molecule has 1 aromatic carbocycles. The first kappa shape index (κ1) is 11.7. The molecule has 0 radical (unpaired) electrons. The fourth-order valence-electron chi connectivity index (χ4n) is 2.02. The fraction of sp³-hybridized carbons (Fsp3) is 0.200. The molecule has 0 bridgehead atoms. The van der Waals surface area contributed by atoms with Crippen LogP contribution in [0.2, 0.25) is 0 Å². The molecule has 0 amide bonds. The van der Waals surface area contributed by atoms with E-state index in [2.05, 4.69) is 53.5 Å². The number of aromatic nitrogens is 3. The average Bonchev–Trinajstić information content (AvgIpc) is 2.81. The molecule has 0 aliphatic carbocycles. The molecule has 3 aromatic rings. The Morgan fingerprint density at radius 2 is 1.89 bits per heavy atom. The second-order valence-corrected chi connectivity index (χ2v) is 4.72. The third kappa shape index (κ3) is 2.42. The van der Waals surface area contributed by atoms with E-state index >= 15 is 0 Å². The van der Waals surface area contributed by atoms with Gasteiger partial charge in [0.2, 0.25) is 5.95 Å². The Hall–Kier alpha value is -2.36. The maximum atomic E-state index is 4.44. The van der Waals surface area contributed by atoms with E-state index in [0.717, 1.165) is 5.65 Å². The second-order valence-electron chi connectivity index (χ2n) is 4.72. The number of benzene rings is 1. The van der Waals surface area contributed by atoms with Gasteiger partial charge in [0.25, 0.3) is 0 Å². The van der Waals surface area contributed by atoms with Crippen molar-refractivity contribution in [3.8, 4) is 0 Å². The normalized spacial score (nSPS) is 12.5. The minimum Gasteiger partial charge on any atom is -0.346 e. The maximum Gasteiger partial charge on any atom is 0.243 e. The summed E-state index contributed by atoms with van der Waals surface area (Å²) in [7, 11) is 0. The van der Waals surface area contributed by atoms with Crippen molar-refractivity contribution in [3.05, 3.63) is 59.8 Å². The summed E-state index contributed by atoms with van der Waals surface area (Å²) in [5, 5.41) is 7.71. The topological polar surface area (TPSA) is 42.2 Å². The summed E-state index contributed by atoms with van der Waals surface area (Å²) < 4.78 is 1.77.